The molecule has 0 spiro atoms. The second-order valence-corrected chi connectivity index (χ2v) is 27.4. The Balaban J connectivity index is -0.000000612. The van der Waals surface area contributed by atoms with Crippen molar-refractivity contribution < 1.29 is 203 Å². The Morgan fingerprint density at radius 1 is 0.541 bits per heavy atom. The van der Waals surface area contributed by atoms with Gasteiger partial charge in [0.1, 0.15) is 11.2 Å². The minimum Gasteiger partial charge on any atom is -1.00 e. The molecule has 4 aromatic rings. The predicted octanol–water partition coefficient (Wildman–Crippen LogP) is 9.65. The van der Waals surface area contributed by atoms with Crippen LogP contribution in [0.1, 0.15) is 215 Å². The Kier molecular flexibility index (Phi) is 66.7. The first kappa shape index (κ1) is 110. The molecule has 1 aliphatic heterocycles. The SMILES string of the molecule is C1CCOC1.C=CC1(O)CCCCCCC1.CCOC(=O)C(F)(F)F.CO.NCCCc1cccc(Br)c1.NCCCc1cccc(C#CC2(O)CCCCCCC2)c1.O=C(NCCCc1cccc(Br)c1)C(F)(F)F.O=C(NCCCc1cccc(C#CC2(O)CCCCCCC2)c1)C(F)(F)F.O=CO[O-].[H-].[K+].[K+]. The molecule has 4 aromatic carbocycles. The first-order valence-electron chi connectivity index (χ1n) is 36.5. The Hall–Kier alpha value is -3.10. The number of aliphatic hydroxyl groups excluding tert-OH is 1. The van der Waals surface area contributed by atoms with Gasteiger partial charge in [-0.2, -0.15) is 39.5 Å². The summed E-state index contributed by atoms with van der Waals surface area (Å²) >= 11 is 6.72. The van der Waals surface area contributed by atoms with Gasteiger partial charge in [-0.05, 0) is 219 Å². The van der Waals surface area contributed by atoms with E-state index < -0.39 is 53.1 Å². The molecule has 0 radical (unpaired) electrons. The molecule has 16 nitrogen and oxygen atoms in total. The molecule has 29 heteroatoms. The fourth-order valence-electron chi connectivity index (χ4n) is 10.8. The third-order valence-electron chi connectivity index (χ3n) is 16.6. The molecule has 4 aliphatic rings. The Morgan fingerprint density at radius 3 is 1.12 bits per heavy atom. The van der Waals surface area contributed by atoms with Gasteiger partial charge in [-0.15, -0.1) is 6.58 Å². The van der Waals surface area contributed by atoms with E-state index >= 15 is 0 Å². The molecule has 1 saturated heterocycles. The molecule has 0 bridgehead atoms. The van der Waals surface area contributed by atoms with E-state index in [0.29, 0.717) is 38.5 Å². The van der Waals surface area contributed by atoms with Gasteiger partial charge < -0.3 is 63.6 Å². The van der Waals surface area contributed by atoms with Gasteiger partial charge in [-0.1, -0.05) is 181 Å². The number of rotatable bonds is 17. The van der Waals surface area contributed by atoms with Crippen LogP contribution in [-0.4, -0.2) is 133 Å². The van der Waals surface area contributed by atoms with Crippen LogP contribution in [0.4, 0.5) is 39.5 Å². The van der Waals surface area contributed by atoms with E-state index in [1.165, 1.54) is 75.8 Å². The average Bonchev–Trinajstić information content (AvgIpc) is 1.12. The number of nitrogens with two attached hydrogens (primary N) is 2. The fraction of sp³-hybridized carbons (Fsp3) is 0.575. The fourth-order valence-corrected chi connectivity index (χ4v) is 11.7. The predicted molar refractivity (Wildman–Crippen MR) is 406 cm³/mol. The van der Waals surface area contributed by atoms with Crippen LogP contribution in [-0.2, 0) is 59.2 Å². The number of benzene rings is 4. The summed E-state index contributed by atoms with van der Waals surface area (Å²) in [6, 6.07) is 31.6. The molecule has 10 N–H and O–H groups in total. The normalized spacial score (nSPS) is 15.3. The maximum absolute atomic E-state index is 12.1. The van der Waals surface area contributed by atoms with Gasteiger partial charge in [0.2, 0.25) is 0 Å². The summed E-state index contributed by atoms with van der Waals surface area (Å²) < 4.78 is 116. The molecule has 0 atom stereocenters. The van der Waals surface area contributed by atoms with Crippen LogP contribution in [0.25, 0.3) is 0 Å². The van der Waals surface area contributed by atoms with Crippen LogP contribution in [0.2, 0.25) is 0 Å². The third-order valence-corrected chi connectivity index (χ3v) is 17.5. The van der Waals surface area contributed by atoms with Crippen molar-refractivity contribution in [3.8, 4) is 23.7 Å². The van der Waals surface area contributed by atoms with Gasteiger partial charge in [-0.25, -0.2) is 4.79 Å². The number of amides is 2. The third kappa shape index (κ3) is 59.3. The number of aryl methyl sites for hydroxylation is 4. The van der Waals surface area contributed by atoms with E-state index in [1.807, 2.05) is 77.4 Å². The average molecular weight is 1730 g/mol. The van der Waals surface area contributed by atoms with Crippen LogP contribution >= 0.6 is 31.9 Å². The first-order chi connectivity index (χ1) is 50.9. The number of aliphatic hydroxyl groups is 4. The van der Waals surface area contributed by atoms with Crippen molar-refractivity contribution in [1.82, 2.24) is 10.6 Å². The van der Waals surface area contributed by atoms with Gasteiger partial charge in [0.25, 0.3) is 6.47 Å². The summed E-state index contributed by atoms with van der Waals surface area (Å²) in [6.45, 7) is 8.03. The van der Waals surface area contributed by atoms with Gasteiger partial charge >= 0.3 is 139 Å². The van der Waals surface area contributed by atoms with Crippen LogP contribution in [0, 0.1) is 23.7 Å². The van der Waals surface area contributed by atoms with E-state index in [1.54, 1.807) is 6.08 Å². The van der Waals surface area contributed by atoms with Crippen LogP contribution in [0.3, 0.4) is 0 Å². The quantitative estimate of drug-likeness (QED) is 0.00563. The van der Waals surface area contributed by atoms with E-state index in [2.05, 4.69) is 102 Å². The maximum Gasteiger partial charge on any atom is 1.00 e. The number of esters is 1. The van der Waals surface area contributed by atoms with Gasteiger partial charge in [0.15, 0.2) is 0 Å². The van der Waals surface area contributed by atoms with Crippen molar-refractivity contribution in [2.45, 2.75) is 241 Å². The molecular weight excluding hydrogens is 1620 g/mol. The number of carbonyl (C=O) groups excluding carboxylic acids is 4. The van der Waals surface area contributed by atoms with Crippen molar-refractivity contribution in [3.63, 3.8) is 0 Å². The summed E-state index contributed by atoms with van der Waals surface area (Å²) in [5.74, 6) is 6.50. The number of alkyl halides is 9. The van der Waals surface area contributed by atoms with E-state index in [0.717, 1.165) is 167 Å². The number of ether oxygens (including phenoxy) is 2. The summed E-state index contributed by atoms with van der Waals surface area (Å²) in [5, 5.41) is 50.3. The van der Waals surface area contributed by atoms with Crippen LogP contribution < -0.4 is 130 Å². The zero-order valence-corrected chi connectivity index (χ0v) is 73.3. The monoisotopic (exact) mass is 1730 g/mol. The molecule has 109 heavy (non-hydrogen) atoms. The molecule has 3 aliphatic carbocycles. The Morgan fingerprint density at radius 2 is 0.853 bits per heavy atom. The minimum atomic E-state index is -4.85. The first-order valence-corrected chi connectivity index (χ1v) is 38.1. The molecule has 2 amide bonds. The van der Waals surface area contributed by atoms with Crippen LogP contribution in [0.15, 0.2) is 119 Å². The van der Waals surface area contributed by atoms with E-state index in [9.17, 15) is 69.2 Å². The van der Waals surface area contributed by atoms with Crippen molar-refractivity contribution >= 4 is 56.1 Å². The minimum absolute atomic E-state index is 0. The van der Waals surface area contributed by atoms with E-state index in [4.69, 9.17) is 31.4 Å². The van der Waals surface area contributed by atoms with Crippen molar-refractivity contribution in [3.05, 3.63) is 152 Å². The zero-order valence-electron chi connectivity index (χ0n) is 64.8. The van der Waals surface area contributed by atoms with Gasteiger partial charge in [0.05, 0.1) is 12.2 Å². The molecular formula is C80H113Br2F9K2N4O12. The molecule has 604 valence electrons. The summed E-state index contributed by atoms with van der Waals surface area (Å²) in [4.78, 5) is 42.2. The zero-order chi connectivity index (χ0) is 80.3. The second-order valence-electron chi connectivity index (χ2n) is 25.6. The smallest absolute Gasteiger partial charge is 1.00 e. The summed E-state index contributed by atoms with van der Waals surface area (Å²) in [5.41, 5.74) is 15.1. The topological polar surface area (TPSA) is 276 Å². The van der Waals surface area contributed by atoms with Crippen molar-refractivity contribution in [2.75, 3.05) is 53.1 Å². The molecule has 1 heterocycles. The second kappa shape index (κ2) is 66.1. The molecule has 3 saturated carbocycles. The molecule has 0 aromatic heterocycles. The summed E-state index contributed by atoms with van der Waals surface area (Å²) in [7, 11) is 1.00. The standard InChI is InChI=1S/C21H26F3NO2.C19H27NO.C11H11BrF3NO.C10H18O.C9H12BrN.C4H5F3O2.C4H8O.CH2O3.CH4O.2K.H/c22-21(23,24)19(26)25-15-7-10-17-8-6-9-18(16-17)11-14-20(27)12-4-2-1-3-5-13-20;20-15-7-10-17-8-6-9-18(16-17)11-14-19(21)12-4-2-1-3-5-13-19;12-9-5-1-3-8(7-9)4-2-6-16-10(17)11(13,14)15;1-2-10(11)8-6-4-3-5-7-9-10;10-9-5-1-3-8(7-9)4-2-6-11;1-2-9-3(8)4(5,6)7;1-2-4-5-3-1;2-1-4-3;1-2;;;/h6,8-9,16,27H,1-5,7,10,12-13,15H2,(H,25,26);6,8-9,16,21H,1-5,7,10,12-13,15,20H2;1,3,5,7H,2,4,6H2,(H,16,17);2,11H,1,3-9H2;1,3,5,7H,2,4,6,11H2;2H2,1H3;1-4H2;1,3H;2H,1H3;;;/q;;;;;;;;;2*+1;-1/p-1. The Bertz CT molecular complexity index is 3180. The number of halogens is 11. The maximum atomic E-state index is 12.1. The summed E-state index contributed by atoms with van der Waals surface area (Å²) in [6.07, 6.45) is 18.4. The molecule has 8 rings (SSSR count). The van der Waals surface area contributed by atoms with Crippen molar-refractivity contribution in [1.29, 1.82) is 0 Å². The van der Waals surface area contributed by atoms with Gasteiger partial charge in [0, 0.05) is 53.5 Å². The number of carbonyl (C=O) groups is 4. The van der Waals surface area contributed by atoms with Crippen molar-refractivity contribution in [2.24, 2.45) is 11.5 Å². The number of hydrogen-bond donors (Lipinski definition) is 8. The number of nitrogens with one attached hydrogen (secondary N) is 2. The number of hydrogen-bond acceptors (Lipinski definition) is 14. The Labute approximate surface area is 743 Å². The molecule has 4 fully saturated rings. The van der Waals surface area contributed by atoms with E-state index in [-0.39, 0.29) is 130 Å². The largest absolute Gasteiger partial charge is 1.00 e. The van der Waals surface area contributed by atoms with Gasteiger partial charge in [-0.3, -0.25) is 14.4 Å². The van der Waals surface area contributed by atoms with Crippen LogP contribution in [0.5, 0.6) is 0 Å². The molecule has 0 unspecified atom stereocenters.